The second-order valence-corrected chi connectivity index (χ2v) is 6.10. The molecule has 0 aliphatic carbocycles. The van der Waals surface area contributed by atoms with Crippen molar-refractivity contribution in [2.45, 2.75) is 13.5 Å². The van der Waals surface area contributed by atoms with Gasteiger partial charge in [0.15, 0.2) is 0 Å². The first-order valence-electron chi connectivity index (χ1n) is 8.18. The molecule has 0 unspecified atom stereocenters. The molecule has 1 heterocycles. The molecule has 1 fully saturated rings. The van der Waals surface area contributed by atoms with E-state index in [9.17, 15) is 5.11 Å². The molecular formula is C19H24N3O+. The van der Waals surface area contributed by atoms with Crippen molar-refractivity contribution in [3.05, 3.63) is 65.7 Å². The Morgan fingerprint density at radius 1 is 1.04 bits per heavy atom. The highest BCUT2D eigenvalue weighted by Crippen LogP contribution is 2.11. The lowest BCUT2D eigenvalue weighted by Gasteiger charge is -2.31. The molecule has 0 radical (unpaired) electrons. The van der Waals surface area contributed by atoms with Gasteiger partial charge in [-0.25, -0.2) is 0 Å². The van der Waals surface area contributed by atoms with Gasteiger partial charge in [0.25, 0.3) is 0 Å². The summed E-state index contributed by atoms with van der Waals surface area (Å²) in [4.78, 5) is 1.62. The quantitative estimate of drug-likeness (QED) is 0.841. The van der Waals surface area contributed by atoms with Crippen LogP contribution >= 0.6 is 0 Å². The number of rotatable bonds is 4. The lowest BCUT2D eigenvalue weighted by atomic mass is 10.1. The van der Waals surface area contributed by atoms with E-state index < -0.39 is 0 Å². The highest BCUT2D eigenvalue weighted by Gasteiger charge is 2.19. The van der Waals surface area contributed by atoms with E-state index in [1.807, 2.05) is 19.1 Å². The van der Waals surface area contributed by atoms with Crippen LogP contribution in [0.25, 0.3) is 0 Å². The number of nitrogens with one attached hydrogen (secondary N) is 1. The van der Waals surface area contributed by atoms with Crippen molar-refractivity contribution in [3.8, 4) is 5.75 Å². The number of aromatic hydroxyl groups is 1. The number of nitrogens with zero attached hydrogens (tertiary/aromatic N) is 2. The zero-order chi connectivity index (χ0) is 16.1. The van der Waals surface area contributed by atoms with E-state index >= 15 is 0 Å². The highest BCUT2D eigenvalue weighted by molar-refractivity contribution is 5.98. The van der Waals surface area contributed by atoms with Gasteiger partial charge in [-0.2, -0.15) is 5.10 Å². The Hall–Kier alpha value is -2.33. The van der Waals surface area contributed by atoms with Crippen LogP contribution in [0.3, 0.4) is 0 Å². The van der Waals surface area contributed by atoms with Gasteiger partial charge < -0.3 is 10.0 Å². The van der Waals surface area contributed by atoms with Crippen LogP contribution in [-0.4, -0.2) is 42.0 Å². The number of hydrogen-bond acceptors (Lipinski definition) is 3. The number of hydrazone groups is 1. The number of benzene rings is 2. The fourth-order valence-electron chi connectivity index (χ4n) is 2.94. The molecule has 120 valence electrons. The predicted molar refractivity (Wildman–Crippen MR) is 92.7 cm³/mol. The number of hydrogen-bond donors (Lipinski definition) is 2. The first kappa shape index (κ1) is 15.6. The van der Waals surface area contributed by atoms with Crippen LogP contribution in [0, 0.1) is 0 Å². The molecule has 23 heavy (non-hydrogen) atoms. The van der Waals surface area contributed by atoms with Gasteiger partial charge >= 0.3 is 0 Å². The third-order valence-corrected chi connectivity index (χ3v) is 4.32. The second kappa shape index (κ2) is 7.29. The molecule has 0 amide bonds. The molecule has 0 spiro atoms. The summed E-state index contributed by atoms with van der Waals surface area (Å²) in [5.41, 5.74) is 3.46. The SMILES string of the molecule is C/C(=N\N1CC[NH+](Cc2ccccc2)CC1)c1ccc(O)cc1. The van der Waals surface area contributed by atoms with Crippen LogP contribution in [0.15, 0.2) is 59.7 Å². The molecule has 1 saturated heterocycles. The number of phenolic OH excluding ortho intramolecular Hbond substituents is 1. The molecule has 1 aliphatic rings. The summed E-state index contributed by atoms with van der Waals surface area (Å²) in [6, 6.07) is 17.9. The van der Waals surface area contributed by atoms with Gasteiger partial charge in [-0.1, -0.05) is 30.3 Å². The third kappa shape index (κ3) is 4.33. The first-order valence-corrected chi connectivity index (χ1v) is 8.18. The van der Waals surface area contributed by atoms with Crippen molar-refractivity contribution in [2.24, 2.45) is 5.10 Å². The van der Waals surface area contributed by atoms with Gasteiger partial charge in [0.2, 0.25) is 0 Å². The number of piperazine rings is 1. The van der Waals surface area contributed by atoms with Gasteiger partial charge in [0.1, 0.15) is 12.3 Å². The zero-order valence-corrected chi connectivity index (χ0v) is 13.6. The molecule has 0 saturated carbocycles. The Morgan fingerprint density at radius 2 is 1.70 bits per heavy atom. The molecule has 2 N–H and O–H groups in total. The van der Waals surface area contributed by atoms with E-state index in [4.69, 9.17) is 5.10 Å². The summed E-state index contributed by atoms with van der Waals surface area (Å²) in [5.74, 6) is 0.291. The van der Waals surface area contributed by atoms with E-state index in [0.29, 0.717) is 5.75 Å². The monoisotopic (exact) mass is 310 g/mol. The molecule has 4 nitrogen and oxygen atoms in total. The van der Waals surface area contributed by atoms with Gasteiger partial charge in [-0.3, -0.25) is 5.01 Å². The molecule has 4 heteroatoms. The second-order valence-electron chi connectivity index (χ2n) is 6.10. The van der Waals surface area contributed by atoms with E-state index in [1.54, 1.807) is 17.0 Å². The molecule has 2 aromatic carbocycles. The minimum atomic E-state index is 0.291. The van der Waals surface area contributed by atoms with Crippen LogP contribution in [0.5, 0.6) is 5.75 Å². The molecule has 1 aliphatic heterocycles. The van der Waals surface area contributed by atoms with Gasteiger partial charge in [-0.05, 0) is 36.8 Å². The fraction of sp³-hybridized carbons (Fsp3) is 0.316. The summed E-state index contributed by atoms with van der Waals surface area (Å²) in [5, 5.41) is 16.3. The largest absolute Gasteiger partial charge is 0.508 e. The minimum absolute atomic E-state index is 0.291. The van der Waals surface area contributed by atoms with E-state index in [1.165, 1.54) is 5.56 Å². The Bertz CT molecular complexity index is 644. The fourth-order valence-corrected chi connectivity index (χ4v) is 2.94. The average molecular weight is 310 g/mol. The third-order valence-electron chi connectivity index (χ3n) is 4.32. The van der Waals surface area contributed by atoms with Crippen molar-refractivity contribution in [1.29, 1.82) is 0 Å². The summed E-state index contributed by atoms with van der Waals surface area (Å²) < 4.78 is 0. The molecule has 0 atom stereocenters. The lowest BCUT2D eigenvalue weighted by molar-refractivity contribution is -0.918. The van der Waals surface area contributed by atoms with E-state index in [0.717, 1.165) is 44.0 Å². The summed E-state index contributed by atoms with van der Waals surface area (Å²) in [6.07, 6.45) is 0. The minimum Gasteiger partial charge on any atom is -0.508 e. The molecule has 0 aromatic heterocycles. The van der Waals surface area contributed by atoms with Gasteiger partial charge in [0.05, 0.1) is 31.9 Å². The smallest absolute Gasteiger partial charge is 0.115 e. The maximum absolute atomic E-state index is 9.36. The maximum Gasteiger partial charge on any atom is 0.115 e. The molecule has 3 rings (SSSR count). The number of phenols is 1. The van der Waals surface area contributed by atoms with Crippen LogP contribution < -0.4 is 4.90 Å². The molecular weight excluding hydrogens is 286 g/mol. The summed E-state index contributed by atoms with van der Waals surface area (Å²) in [7, 11) is 0. The summed E-state index contributed by atoms with van der Waals surface area (Å²) in [6.45, 7) is 7.31. The standard InChI is InChI=1S/C19H23N3O/c1-16(18-7-9-19(23)10-8-18)20-22-13-11-21(12-14-22)15-17-5-3-2-4-6-17/h2-10,23H,11-15H2,1H3/p+1/b20-16+. The Balaban J connectivity index is 1.54. The van der Waals surface area contributed by atoms with Crippen LogP contribution in [-0.2, 0) is 6.54 Å². The molecule has 2 aromatic rings. The maximum atomic E-state index is 9.36. The van der Waals surface area contributed by atoms with E-state index in [2.05, 4.69) is 35.3 Å². The first-order chi connectivity index (χ1) is 11.2. The van der Waals surface area contributed by atoms with Crippen molar-refractivity contribution in [3.63, 3.8) is 0 Å². The predicted octanol–water partition coefficient (Wildman–Crippen LogP) is 1.52. The van der Waals surface area contributed by atoms with Crippen LogP contribution in [0.4, 0.5) is 0 Å². The molecule has 0 bridgehead atoms. The van der Waals surface area contributed by atoms with Crippen LogP contribution in [0.1, 0.15) is 18.1 Å². The Morgan fingerprint density at radius 3 is 2.35 bits per heavy atom. The van der Waals surface area contributed by atoms with Crippen molar-refractivity contribution >= 4 is 5.71 Å². The van der Waals surface area contributed by atoms with Gasteiger partial charge in [0, 0.05) is 5.56 Å². The van der Waals surface area contributed by atoms with Crippen LogP contribution in [0.2, 0.25) is 0 Å². The highest BCUT2D eigenvalue weighted by atomic mass is 16.3. The van der Waals surface area contributed by atoms with Gasteiger partial charge in [-0.15, -0.1) is 0 Å². The van der Waals surface area contributed by atoms with Crippen molar-refractivity contribution in [1.82, 2.24) is 5.01 Å². The Labute approximate surface area is 137 Å². The van der Waals surface area contributed by atoms with Crippen molar-refractivity contribution in [2.75, 3.05) is 26.2 Å². The number of quaternary nitrogens is 1. The lowest BCUT2D eigenvalue weighted by Crippen LogP contribution is -3.13. The zero-order valence-electron chi connectivity index (χ0n) is 13.6. The Kier molecular flexibility index (Phi) is 4.93. The summed E-state index contributed by atoms with van der Waals surface area (Å²) >= 11 is 0. The van der Waals surface area contributed by atoms with E-state index in [-0.39, 0.29) is 0 Å². The topological polar surface area (TPSA) is 40.3 Å². The normalized spacial score (nSPS) is 16.6. The van der Waals surface area contributed by atoms with Crippen molar-refractivity contribution < 1.29 is 10.0 Å². The average Bonchev–Trinajstić information content (AvgIpc) is 2.58.